The van der Waals surface area contributed by atoms with Gasteiger partial charge in [0.1, 0.15) is 5.82 Å². The van der Waals surface area contributed by atoms with Crippen molar-refractivity contribution in [1.82, 2.24) is 9.55 Å². The highest BCUT2D eigenvalue weighted by Crippen LogP contribution is 2.35. The largest absolute Gasteiger partial charge is 0.434 e. The van der Waals surface area contributed by atoms with Crippen molar-refractivity contribution in [3.05, 3.63) is 107 Å². The zero-order chi connectivity index (χ0) is 27.6. The van der Waals surface area contributed by atoms with Crippen LogP contribution in [0.15, 0.2) is 89.7 Å². The van der Waals surface area contributed by atoms with E-state index in [0.717, 1.165) is 22.9 Å². The van der Waals surface area contributed by atoms with Gasteiger partial charge in [-0.3, -0.25) is 9.22 Å². The molecule has 198 valence electrons. The Labute approximate surface area is 225 Å². The summed E-state index contributed by atoms with van der Waals surface area (Å²) in [4.78, 5) is 4.34. The molecule has 0 fully saturated rings. The molecule has 0 saturated carbocycles. The average Bonchev–Trinajstić information content (AvgIpc) is 3.29. The number of hydrogen-bond donors (Lipinski definition) is 2. The second-order valence-corrected chi connectivity index (χ2v) is 10.3. The molecule has 1 heterocycles. The Balaban J connectivity index is 1.87. The Morgan fingerprint density at radius 1 is 1.11 bits per heavy atom. The summed E-state index contributed by atoms with van der Waals surface area (Å²) < 4.78 is 53.7. The van der Waals surface area contributed by atoms with Crippen molar-refractivity contribution < 1.29 is 17.4 Å². The first-order valence-corrected chi connectivity index (χ1v) is 13.3. The lowest BCUT2D eigenvalue weighted by Crippen LogP contribution is -2.33. The molecule has 4 N–H and O–H groups in total. The Bertz CT molecular complexity index is 1530. The van der Waals surface area contributed by atoms with E-state index in [2.05, 4.69) is 4.98 Å². The molecule has 38 heavy (non-hydrogen) atoms. The standard InChI is InChI=1S/C27H25ClF3N5OS/c1-17-34-26(27(29,30)31)16-35(17)24-11-10-19(18-7-5-8-22(13-18)38(2)37)14-25(24)36(33)21(15-32)12-20-6-3-4-9-23(20)28/h3-11,13-16H,12,32-33H2,1-2H3/b21-15-. The van der Waals surface area contributed by atoms with Gasteiger partial charge >= 0.3 is 6.18 Å². The summed E-state index contributed by atoms with van der Waals surface area (Å²) >= 11 is 6.34. The molecule has 0 aliphatic rings. The van der Waals surface area contributed by atoms with Gasteiger partial charge in [0.25, 0.3) is 0 Å². The summed E-state index contributed by atoms with van der Waals surface area (Å²) in [6.07, 6.45) is -0.480. The second kappa shape index (κ2) is 11.0. The van der Waals surface area contributed by atoms with Crippen molar-refractivity contribution in [2.45, 2.75) is 24.4 Å². The Hall–Kier alpha value is -3.60. The van der Waals surface area contributed by atoms with E-state index in [1.807, 2.05) is 18.2 Å². The molecule has 0 amide bonds. The number of allylic oxidation sites excluding steroid dienone is 1. The third-order valence-electron chi connectivity index (χ3n) is 6.00. The van der Waals surface area contributed by atoms with E-state index < -0.39 is 22.7 Å². The Morgan fingerprint density at radius 2 is 1.82 bits per heavy atom. The van der Waals surface area contributed by atoms with Crippen molar-refractivity contribution in [3.63, 3.8) is 0 Å². The first kappa shape index (κ1) is 27.4. The number of alkyl halides is 3. The third-order valence-corrected chi connectivity index (χ3v) is 7.28. The van der Waals surface area contributed by atoms with Gasteiger partial charge in [0.05, 0.1) is 17.1 Å². The van der Waals surface area contributed by atoms with E-state index in [1.54, 1.807) is 54.8 Å². The highest BCUT2D eigenvalue weighted by molar-refractivity contribution is 7.84. The molecule has 3 aromatic carbocycles. The molecule has 1 atom stereocenters. The molecule has 0 saturated heterocycles. The average molecular weight is 560 g/mol. The fourth-order valence-electron chi connectivity index (χ4n) is 4.02. The second-order valence-electron chi connectivity index (χ2n) is 8.52. The van der Waals surface area contributed by atoms with Crippen LogP contribution in [-0.4, -0.2) is 20.0 Å². The quantitative estimate of drug-likeness (QED) is 0.215. The lowest BCUT2D eigenvalue weighted by molar-refractivity contribution is -0.141. The molecule has 11 heteroatoms. The SMILES string of the molecule is Cc1nc(C(F)(F)F)cn1-c1ccc(-c2cccc(S(C)=O)c2)cc1N(N)/C(=C\N)Cc1ccccc1Cl. The van der Waals surface area contributed by atoms with Crippen LogP contribution in [0.5, 0.6) is 0 Å². The van der Waals surface area contributed by atoms with Crippen LogP contribution in [0.25, 0.3) is 16.8 Å². The summed E-state index contributed by atoms with van der Waals surface area (Å²) in [5.74, 6) is 6.72. The first-order valence-electron chi connectivity index (χ1n) is 11.4. The Morgan fingerprint density at radius 3 is 2.45 bits per heavy atom. The molecule has 1 unspecified atom stereocenters. The normalized spacial score (nSPS) is 13.0. The monoisotopic (exact) mass is 559 g/mol. The van der Waals surface area contributed by atoms with E-state index in [1.165, 1.54) is 22.7 Å². The smallest absolute Gasteiger partial charge is 0.403 e. The van der Waals surface area contributed by atoms with E-state index in [0.29, 0.717) is 27.0 Å². The fourth-order valence-corrected chi connectivity index (χ4v) is 4.79. The van der Waals surface area contributed by atoms with E-state index in [4.69, 9.17) is 23.2 Å². The highest BCUT2D eigenvalue weighted by atomic mass is 35.5. The molecule has 0 aliphatic heterocycles. The third kappa shape index (κ3) is 5.77. The van der Waals surface area contributed by atoms with Crippen molar-refractivity contribution in [3.8, 4) is 16.8 Å². The maximum absolute atomic E-state index is 13.4. The molecule has 6 nitrogen and oxygen atoms in total. The number of hydrogen-bond acceptors (Lipinski definition) is 5. The number of nitrogens with zero attached hydrogens (tertiary/aromatic N) is 3. The molecular formula is C27H25ClF3N5OS. The Kier molecular flexibility index (Phi) is 7.96. The number of anilines is 1. The van der Waals surface area contributed by atoms with E-state index in [9.17, 15) is 17.4 Å². The van der Waals surface area contributed by atoms with Crippen LogP contribution in [0, 0.1) is 6.92 Å². The van der Waals surface area contributed by atoms with Crippen molar-refractivity contribution in [2.24, 2.45) is 11.6 Å². The summed E-state index contributed by atoms with van der Waals surface area (Å²) in [5.41, 5.74) is 8.41. The number of hydrazine groups is 1. The van der Waals surface area contributed by atoms with Gasteiger partial charge in [-0.1, -0.05) is 48.0 Å². The minimum absolute atomic E-state index is 0.132. The molecule has 0 bridgehead atoms. The van der Waals surface area contributed by atoms with E-state index in [-0.39, 0.29) is 12.2 Å². The van der Waals surface area contributed by atoms with Crippen molar-refractivity contribution in [1.29, 1.82) is 0 Å². The maximum atomic E-state index is 13.4. The zero-order valence-electron chi connectivity index (χ0n) is 20.5. The van der Waals surface area contributed by atoms with Crippen LogP contribution in [0.3, 0.4) is 0 Å². The van der Waals surface area contributed by atoms with Gasteiger partial charge in [-0.2, -0.15) is 13.2 Å². The van der Waals surface area contributed by atoms with Gasteiger partial charge in [0.2, 0.25) is 0 Å². The first-order chi connectivity index (χ1) is 18.0. The van der Waals surface area contributed by atoms with Crippen molar-refractivity contribution >= 4 is 28.1 Å². The highest BCUT2D eigenvalue weighted by Gasteiger charge is 2.34. The lowest BCUT2D eigenvalue weighted by atomic mass is 10.0. The molecule has 0 aliphatic carbocycles. The zero-order valence-corrected chi connectivity index (χ0v) is 22.1. The van der Waals surface area contributed by atoms with Crippen LogP contribution in [0.4, 0.5) is 18.9 Å². The maximum Gasteiger partial charge on any atom is 0.434 e. The fraction of sp³-hybridized carbons (Fsp3) is 0.148. The van der Waals surface area contributed by atoms with Crippen molar-refractivity contribution in [2.75, 3.05) is 11.3 Å². The molecular weight excluding hydrogens is 535 g/mol. The summed E-state index contributed by atoms with van der Waals surface area (Å²) in [5, 5.41) is 1.86. The van der Waals surface area contributed by atoms with Crippen LogP contribution >= 0.6 is 11.6 Å². The molecule has 1 aromatic heterocycles. The number of aromatic nitrogens is 2. The van der Waals surface area contributed by atoms with Gasteiger partial charge in [0, 0.05) is 45.8 Å². The van der Waals surface area contributed by atoms with Gasteiger partial charge in [-0.25, -0.2) is 10.8 Å². The predicted octanol–water partition coefficient (Wildman–Crippen LogP) is 5.98. The minimum atomic E-state index is -4.61. The molecule has 4 aromatic rings. The molecule has 4 rings (SSSR count). The number of halogens is 4. The summed E-state index contributed by atoms with van der Waals surface area (Å²) in [6.45, 7) is 1.48. The van der Waals surface area contributed by atoms with Crippen LogP contribution in [0.1, 0.15) is 17.1 Å². The number of rotatable bonds is 7. The van der Waals surface area contributed by atoms with Gasteiger partial charge in [-0.05, 0) is 53.9 Å². The number of aryl methyl sites for hydroxylation is 1. The van der Waals surface area contributed by atoms with Gasteiger partial charge < -0.3 is 10.3 Å². The predicted molar refractivity (Wildman–Crippen MR) is 145 cm³/mol. The van der Waals surface area contributed by atoms with Crippen LogP contribution in [-0.2, 0) is 23.4 Å². The molecule has 0 radical (unpaired) electrons. The van der Waals surface area contributed by atoms with Gasteiger partial charge in [-0.15, -0.1) is 0 Å². The summed E-state index contributed by atoms with van der Waals surface area (Å²) in [7, 11) is -1.20. The minimum Gasteiger partial charge on any atom is -0.403 e. The lowest BCUT2D eigenvalue weighted by Gasteiger charge is -2.26. The number of imidazole rings is 1. The molecule has 0 spiro atoms. The number of nitrogens with two attached hydrogens (primary N) is 2. The summed E-state index contributed by atoms with van der Waals surface area (Å²) in [6, 6.07) is 19.6. The van der Waals surface area contributed by atoms with Gasteiger partial charge in [0.15, 0.2) is 5.69 Å². The van der Waals surface area contributed by atoms with Crippen LogP contribution in [0.2, 0.25) is 5.02 Å². The van der Waals surface area contributed by atoms with E-state index >= 15 is 0 Å². The van der Waals surface area contributed by atoms with Crippen LogP contribution < -0.4 is 16.6 Å². The number of benzene rings is 3. The topological polar surface area (TPSA) is 90.2 Å².